The third kappa shape index (κ3) is 5.66. The van der Waals surface area contributed by atoms with Crippen LogP contribution in [0, 0.1) is 0 Å². The molecule has 2 amide bonds. The summed E-state index contributed by atoms with van der Waals surface area (Å²) in [7, 11) is 3.53. The summed E-state index contributed by atoms with van der Waals surface area (Å²) in [6, 6.07) is 15.6. The number of amides is 2. The summed E-state index contributed by atoms with van der Waals surface area (Å²) in [6.45, 7) is 7.15. The molecule has 31 heavy (non-hydrogen) atoms. The molecule has 3 rings (SSSR count). The van der Waals surface area contributed by atoms with E-state index in [1.807, 2.05) is 42.1 Å². The summed E-state index contributed by atoms with van der Waals surface area (Å²) < 4.78 is 7.41. The van der Waals surface area contributed by atoms with Crippen molar-refractivity contribution in [1.29, 1.82) is 0 Å². The number of carbonyl (C=O) groups is 1. The Balaban J connectivity index is 1.65. The largest absolute Gasteiger partial charge is 0.496 e. The van der Waals surface area contributed by atoms with E-state index in [1.54, 1.807) is 13.3 Å². The highest BCUT2D eigenvalue weighted by atomic mass is 16.5. The number of nitrogens with one attached hydrogen (secondary N) is 2. The van der Waals surface area contributed by atoms with Gasteiger partial charge < -0.3 is 19.9 Å². The van der Waals surface area contributed by atoms with Crippen molar-refractivity contribution in [1.82, 2.24) is 20.2 Å². The van der Waals surface area contributed by atoms with Gasteiger partial charge in [0.15, 0.2) is 0 Å². The number of para-hydroxylation sites is 1. The van der Waals surface area contributed by atoms with Crippen LogP contribution in [0.15, 0.2) is 60.9 Å². The maximum absolute atomic E-state index is 12.7. The van der Waals surface area contributed by atoms with Crippen molar-refractivity contribution in [2.45, 2.75) is 38.6 Å². The molecule has 164 valence electrons. The first-order valence-corrected chi connectivity index (χ1v) is 10.5. The van der Waals surface area contributed by atoms with E-state index in [4.69, 9.17) is 4.74 Å². The number of imidazole rings is 1. The Bertz CT molecular complexity index is 1000. The van der Waals surface area contributed by atoms with Crippen LogP contribution in [0.2, 0.25) is 0 Å². The Morgan fingerprint density at radius 2 is 1.84 bits per heavy atom. The van der Waals surface area contributed by atoms with Crippen molar-refractivity contribution in [2.24, 2.45) is 7.05 Å². The van der Waals surface area contributed by atoms with Gasteiger partial charge in [-0.1, -0.05) is 63.2 Å². The van der Waals surface area contributed by atoms with Gasteiger partial charge >= 0.3 is 6.03 Å². The zero-order chi connectivity index (χ0) is 22.4. The summed E-state index contributed by atoms with van der Waals surface area (Å²) in [5, 5.41) is 6.02. The number of hydrogen-bond donors (Lipinski definition) is 2. The van der Waals surface area contributed by atoms with Crippen LogP contribution in [0.4, 0.5) is 4.79 Å². The summed E-state index contributed by atoms with van der Waals surface area (Å²) in [6.07, 6.45) is 4.34. The van der Waals surface area contributed by atoms with Crippen molar-refractivity contribution in [2.75, 3.05) is 13.7 Å². The molecule has 0 aliphatic heterocycles. The molecule has 3 aromatic rings. The minimum Gasteiger partial charge on any atom is -0.496 e. The van der Waals surface area contributed by atoms with E-state index >= 15 is 0 Å². The van der Waals surface area contributed by atoms with Gasteiger partial charge in [0.05, 0.1) is 7.11 Å². The van der Waals surface area contributed by atoms with E-state index in [0.29, 0.717) is 12.3 Å². The lowest BCUT2D eigenvalue weighted by atomic mass is 9.86. The van der Waals surface area contributed by atoms with Crippen LogP contribution < -0.4 is 15.4 Å². The molecule has 0 radical (unpaired) electrons. The van der Waals surface area contributed by atoms with E-state index in [9.17, 15) is 4.79 Å². The van der Waals surface area contributed by atoms with Crippen molar-refractivity contribution < 1.29 is 9.53 Å². The zero-order valence-corrected chi connectivity index (χ0v) is 19.0. The Kier molecular flexibility index (Phi) is 7.00. The molecule has 0 saturated heterocycles. The first kappa shape index (κ1) is 22.4. The van der Waals surface area contributed by atoms with E-state index in [-0.39, 0.29) is 11.4 Å². The number of carbonyl (C=O) groups excluding carboxylic acids is 1. The third-order valence-electron chi connectivity index (χ3n) is 5.36. The highest BCUT2D eigenvalue weighted by Crippen LogP contribution is 2.29. The number of aryl methyl sites for hydroxylation is 1. The molecule has 2 aromatic carbocycles. The predicted octanol–water partition coefficient (Wildman–Crippen LogP) is 4.36. The van der Waals surface area contributed by atoms with Gasteiger partial charge in [-0.15, -0.1) is 0 Å². The Morgan fingerprint density at radius 1 is 1.13 bits per heavy atom. The lowest BCUT2D eigenvalue weighted by molar-refractivity contribution is 0.238. The first-order chi connectivity index (χ1) is 14.8. The molecular weight excluding hydrogens is 388 g/mol. The van der Waals surface area contributed by atoms with Gasteiger partial charge in [-0.3, -0.25) is 0 Å². The highest BCUT2D eigenvalue weighted by molar-refractivity contribution is 5.75. The van der Waals surface area contributed by atoms with Crippen LogP contribution in [0.25, 0.3) is 0 Å². The fourth-order valence-corrected chi connectivity index (χ4v) is 3.52. The topological polar surface area (TPSA) is 68.2 Å². The second-order valence-electron chi connectivity index (χ2n) is 8.67. The number of benzene rings is 2. The van der Waals surface area contributed by atoms with Gasteiger partial charge in [0, 0.05) is 31.5 Å². The van der Waals surface area contributed by atoms with Gasteiger partial charge in [-0.2, -0.15) is 0 Å². The minimum atomic E-state index is -0.429. The van der Waals surface area contributed by atoms with Crippen molar-refractivity contribution in [3.8, 4) is 5.75 Å². The second-order valence-corrected chi connectivity index (χ2v) is 8.67. The normalized spacial score (nSPS) is 12.3. The molecule has 0 aliphatic carbocycles. The molecule has 0 fully saturated rings. The van der Waals surface area contributed by atoms with Crippen LogP contribution >= 0.6 is 0 Å². The number of urea groups is 1. The summed E-state index contributed by atoms with van der Waals surface area (Å²) in [5.41, 5.74) is 3.48. The number of aromatic nitrogens is 2. The molecule has 2 N–H and O–H groups in total. The minimum absolute atomic E-state index is 0.134. The van der Waals surface area contributed by atoms with Gasteiger partial charge in [-0.25, -0.2) is 9.78 Å². The molecule has 1 aromatic heterocycles. The molecular formula is C25H32N4O2. The average molecular weight is 421 g/mol. The lowest BCUT2D eigenvalue weighted by Crippen LogP contribution is -2.40. The maximum atomic E-state index is 12.7. The Hall–Kier alpha value is -3.28. The van der Waals surface area contributed by atoms with E-state index in [2.05, 4.69) is 60.7 Å². The van der Waals surface area contributed by atoms with Gasteiger partial charge in [0.1, 0.15) is 17.6 Å². The number of rotatable bonds is 7. The lowest BCUT2D eigenvalue weighted by Gasteiger charge is -2.21. The SMILES string of the molecule is COc1ccccc1C(NC(=O)NCCc1ccc(C(C)(C)C)cc1)c1nccn1C. The zero-order valence-electron chi connectivity index (χ0n) is 19.0. The van der Waals surface area contributed by atoms with Crippen LogP contribution in [-0.2, 0) is 18.9 Å². The summed E-state index contributed by atoms with van der Waals surface area (Å²) in [5.74, 6) is 1.44. The van der Waals surface area contributed by atoms with E-state index < -0.39 is 6.04 Å². The van der Waals surface area contributed by atoms with E-state index in [1.165, 1.54) is 11.1 Å². The molecule has 6 nitrogen and oxygen atoms in total. The molecule has 0 aliphatic rings. The number of ether oxygens (including phenoxy) is 1. The molecule has 1 atom stereocenters. The monoisotopic (exact) mass is 420 g/mol. The maximum Gasteiger partial charge on any atom is 0.315 e. The molecule has 6 heteroatoms. The van der Waals surface area contributed by atoms with Gasteiger partial charge in [-0.05, 0) is 29.0 Å². The van der Waals surface area contributed by atoms with Crippen molar-refractivity contribution in [3.05, 3.63) is 83.4 Å². The van der Waals surface area contributed by atoms with Crippen LogP contribution in [0.3, 0.4) is 0 Å². The highest BCUT2D eigenvalue weighted by Gasteiger charge is 2.23. The smallest absolute Gasteiger partial charge is 0.315 e. The van der Waals surface area contributed by atoms with Gasteiger partial charge in [0.2, 0.25) is 0 Å². The average Bonchev–Trinajstić information content (AvgIpc) is 3.17. The number of methoxy groups -OCH3 is 1. The number of nitrogens with zero attached hydrogens (tertiary/aromatic N) is 2. The summed E-state index contributed by atoms with van der Waals surface area (Å²) >= 11 is 0. The Labute approximate surface area is 184 Å². The fourth-order valence-electron chi connectivity index (χ4n) is 3.52. The molecule has 1 heterocycles. The predicted molar refractivity (Wildman–Crippen MR) is 123 cm³/mol. The van der Waals surface area contributed by atoms with Crippen LogP contribution in [0.5, 0.6) is 5.75 Å². The first-order valence-electron chi connectivity index (χ1n) is 10.5. The molecule has 0 saturated carbocycles. The molecule has 1 unspecified atom stereocenters. The van der Waals surface area contributed by atoms with Crippen LogP contribution in [-0.4, -0.2) is 29.2 Å². The fraction of sp³-hybridized carbons (Fsp3) is 0.360. The quantitative estimate of drug-likeness (QED) is 0.597. The Morgan fingerprint density at radius 3 is 2.45 bits per heavy atom. The second kappa shape index (κ2) is 9.69. The van der Waals surface area contributed by atoms with Gasteiger partial charge in [0.25, 0.3) is 0 Å². The standard InChI is InChI=1S/C25H32N4O2/c1-25(2,3)19-12-10-18(11-13-19)14-15-27-24(30)28-22(23-26-16-17-29(23)4)20-8-6-7-9-21(20)31-5/h6-13,16-17,22H,14-15H2,1-5H3,(H2,27,28,30). The van der Waals surface area contributed by atoms with E-state index in [0.717, 1.165) is 17.8 Å². The van der Waals surface area contributed by atoms with Crippen molar-refractivity contribution in [3.63, 3.8) is 0 Å². The number of hydrogen-bond acceptors (Lipinski definition) is 3. The third-order valence-corrected chi connectivity index (χ3v) is 5.36. The molecule has 0 spiro atoms. The van der Waals surface area contributed by atoms with Crippen molar-refractivity contribution >= 4 is 6.03 Å². The summed E-state index contributed by atoms with van der Waals surface area (Å²) in [4.78, 5) is 17.2. The molecule has 0 bridgehead atoms. The van der Waals surface area contributed by atoms with Crippen LogP contribution in [0.1, 0.15) is 49.3 Å².